The summed E-state index contributed by atoms with van der Waals surface area (Å²) in [6.07, 6.45) is 7.32. The van der Waals surface area contributed by atoms with E-state index in [-0.39, 0.29) is 15.9 Å². The fourth-order valence-electron chi connectivity index (χ4n) is 2.45. The SMILES string of the molecule is CCn1cnc(S(=O)(=O)N(C)C2CCCCC2Br)c1. The molecule has 1 aliphatic rings. The summed E-state index contributed by atoms with van der Waals surface area (Å²) in [7, 11) is -1.83. The van der Waals surface area contributed by atoms with Crippen LogP contribution in [0.3, 0.4) is 0 Å². The Kier molecular flexibility index (Phi) is 4.68. The van der Waals surface area contributed by atoms with Crippen LogP contribution in [0.4, 0.5) is 0 Å². The number of aryl methyl sites for hydroxylation is 1. The number of hydrogen-bond acceptors (Lipinski definition) is 3. The first kappa shape index (κ1) is 15.0. The number of hydrogen-bond donors (Lipinski definition) is 0. The molecule has 0 spiro atoms. The van der Waals surface area contributed by atoms with Crippen molar-refractivity contribution in [3.8, 4) is 0 Å². The summed E-state index contributed by atoms with van der Waals surface area (Å²) in [5, 5.41) is 0.141. The van der Waals surface area contributed by atoms with Gasteiger partial charge in [0.05, 0.1) is 6.33 Å². The molecule has 1 heterocycles. The van der Waals surface area contributed by atoms with E-state index in [4.69, 9.17) is 0 Å². The molecule has 2 rings (SSSR count). The van der Waals surface area contributed by atoms with Crippen molar-refractivity contribution in [3.05, 3.63) is 12.5 Å². The van der Waals surface area contributed by atoms with Gasteiger partial charge in [-0.3, -0.25) is 0 Å². The highest BCUT2D eigenvalue weighted by Crippen LogP contribution is 2.30. The van der Waals surface area contributed by atoms with Gasteiger partial charge in [-0.15, -0.1) is 0 Å². The predicted molar refractivity (Wildman–Crippen MR) is 77.8 cm³/mol. The van der Waals surface area contributed by atoms with Crippen molar-refractivity contribution >= 4 is 26.0 Å². The van der Waals surface area contributed by atoms with Crippen molar-refractivity contribution in [3.63, 3.8) is 0 Å². The van der Waals surface area contributed by atoms with E-state index in [2.05, 4.69) is 20.9 Å². The average molecular weight is 350 g/mol. The Bertz CT molecular complexity index is 529. The maximum absolute atomic E-state index is 12.5. The average Bonchev–Trinajstić information content (AvgIpc) is 2.88. The minimum atomic E-state index is -3.49. The highest BCUT2D eigenvalue weighted by molar-refractivity contribution is 9.09. The summed E-state index contributed by atoms with van der Waals surface area (Å²) < 4.78 is 28.3. The Morgan fingerprint density at radius 2 is 2.16 bits per heavy atom. The fraction of sp³-hybridized carbons (Fsp3) is 0.750. The summed E-state index contributed by atoms with van der Waals surface area (Å²) in [5.41, 5.74) is 0. The third-order valence-corrected chi connectivity index (χ3v) is 6.57. The zero-order chi connectivity index (χ0) is 14.0. The van der Waals surface area contributed by atoms with Crippen LogP contribution in [0.2, 0.25) is 0 Å². The second kappa shape index (κ2) is 5.93. The van der Waals surface area contributed by atoms with E-state index in [1.165, 1.54) is 4.31 Å². The van der Waals surface area contributed by atoms with Gasteiger partial charge in [0.2, 0.25) is 0 Å². The second-order valence-electron chi connectivity index (χ2n) is 4.93. The molecule has 1 aliphatic carbocycles. The maximum Gasteiger partial charge on any atom is 0.262 e. The third kappa shape index (κ3) is 3.03. The Morgan fingerprint density at radius 1 is 1.47 bits per heavy atom. The smallest absolute Gasteiger partial charge is 0.262 e. The van der Waals surface area contributed by atoms with Crippen molar-refractivity contribution < 1.29 is 8.42 Å². The van der Waals surface area contributed by atoms with E-state index in [9.17, 15) is 8.42 Å². The second-order valence-corrected chi connectivity index (χ2v) is 8.05. The van der Waals surface area contributed by atoms with Gasteiger partial charge in [0.1, 0.15) is 0 Å². The molecule has 7 heteroatoms. The molecule has 1 fully saturated rings. The van der Waals surface area contributed by atoms with Crippen LogP contribution in [0.1, 0.15) is 32.6 Å². The molecule has 0 radical (unpaired) electrons. The molecular formula is C12H20BrN3O2S. The molecule has 0 bridgehead atoms. The van der Waals surface area contributed by atoms with Gasteiger partial charge in [-0.1, -0.05) is 28.8 Å². The van der Waals surface area contributed by atoms with E-state index in [1.807, 2.05) is 6.92 Å². The Hall–Kier alpha value is -0.400. The van der Waals surface area contributed by atoms with E-state index < -0.39 is 10.0 Å². The van der Waals surface area contributed by atoms with Gasteiger partial charge in [-0.05, 0) is 19.8 Å². The molecule has 5 nitrogen and oxygen atoms in total. The molecule has 1 aromatic rings. The Balaban J connectivity index is 2.23. The summed E-state index contributed by atoms with van der Waals surface area (Å²) in [6, 6.07) is 0.0190. The molecule has 2 unspecified atom stereocenters. The number of rotatable bonds is 4. The molecule has 1 saturated carbocycles. The highest BCUT2D eigenvalue weighted by Gasteiger charge is 2.34. The van der Waals surface area contributed by atoms with E-state index >= 15 is 0 Å². The molecule has 0 aromatic carbocycles. The van der Waals surface area contributed by atoms with Crippen LogP contribution in [-0.4, -0.2) is 40.2 Å². The largest absolute Gasteiger partial charge is 0.336 e. The number of halogens is 1. The molecule has 108 valence electrons. The van der Waals surface area contributed by atoms with Crippen LogP contribution in [0.25, 0.3) is 0 Å². The first-order valence-corrected chi connectivity index (χ1v) is 8.96. The van der Waals surface area contributed by atoms with Crippen molar-refractivity contribution in [1.82, 2.24) is 13.9 Å². The predicted octanol–water partition coefficient (Wildman–Crippen LogP) is 2.23. The lowest BCUT2D eigenvalue weighted by Gasteiger charge is -2.33. The number of sulfonamides is 1. The first-order chi connectivity index (χ1) is 8.96. The first-order valence-electron chi connectivity index (χ1n) is 6.60. The molecule has 2 atom stereocenters. The molecule has 19 heavy (non-hydrogen) atoms. The minimum Gasteiger partial charge on any atom is -0.336 e. The van der Waals surface area contributed by atoms with Gasteiger partial charge in [0.15, 0.2) is 5.03 Å². The van der Waals surface area contributed by atoms with Crippen LogP contribution in [-0.2, 0) is 16.6 Å². The Labute approximate surface area is 123 Å². The van der Waals surface area contributed by atoms with Crippen LogP contribution >= 0.6 is 15.9 Å². The number of nitrogens with zero attached hydrogens (tertiary/aromatic N) is 3. The lowest BCUT2D eigenvalue weighted by atomic mass is 9.96. The third-order valence-electron chi connectivity index (χ3n) is 3.73. The highest BCUT2D eigenvalue weighted by atomic mass is 79.9. The summed E-state index contributed by atoms with van der Waals surface area (Å²) in [4.78, 5) is 4.25. The quantitative estimate of drug-likeness (QED) is 0.783. The van der Waals surface area contributed by atoms with E-state index in [1.54, 1.807) is 24.1 Å². The van der Waals surface area contributed by atoms with Gasteiger partial charge in [-0.2, -0.15) is 4.31 Å². The van der Waals surface area contributed by atoms with Crippen molar-refractivity contribution in [2.75, 3.05) is 7.05 Å². The number of aromatic nitrogens is 2. The van der Waals surface area contributed by atoms with Crippen LogP contribution < -0.4 is 0 Å². The summed E-state index contributed by atoms with van der Waals surface area (Å²) in [6.45, 7) is 2.67. The molecule has 0 amide bonds. The van der Waals surface area contributed by atoms with Gasteiger partial charge < -0.3 is 4.57 Å². The van der Waals surface area contributed by atoms with Gasteiger partial charge in [0, 0.05) is 30.7 Å². The monoisotopic (exact) mass is 349 g/mol. The van der Waals surface area contributed by atoms with Crippen molar-refractivity contribution in [2.24, 2.45) is 0 Å². The van der Waals surface area contributed by atoms with E-state index in [0.717, 1.165) is 32.2 Å². The molecular weight excluding hydrogens is 330 g/mol. The molecule has 0 N–H and O–H groups in total. The van der Waals surface area contributed by atoms with E-state index in [0.29, 0.717) is 0 Å². The topological polar surface area (TPSA) is 55.2 Å². The zero-order valence-electron chi connectivity index (χ0n) is 11.3. The number of imidazole rings is 1. The van der Waals surface area contributed by atoms with Crippen LogP contribution in [0.5, 0.6) is 0 Å². The van der Waals surface area contributed by atoms with Gasteiger partial charge in [0.25, 0.3) is 10.0 Å². The lowest BCUT2D eigenvalue weighted by molar-refractivity contribution is 0.296. The van der Waals surface area contributed by atoms with Crippen molar-refractivity contribution in [2.45, 2.75) is 55.0 Å². The molecule has 0 saturated heterocycles. The molecule has 0 aliphatic heterocycles. The number of alkyl halides is 1. The Morgan fingerprint density at radius 3 is 2.74 bits per heavy atom. The fourth-order valence-corrected chi connectivity index (χ4v) is 4.90. The van der Waals surface area contributed by atoms with Crippen LogP contribution in [0.15, 0.2) is 17.6 Å². The summed E-state index contributed by atoms with van der Waals surface area (Å²) in [5.74, 6) is 0. The normalized spacial score (nSPS) is 24.8. The maximum atomic E-state index is 12.5. The van der Waals surface area contributed by atoms with Crippen LogP contribution in [0, 0.1) is 0 Å². The minimum absolute atomic E-state index is 0.0190. The van der Waals surface area contributed by atoms with Gasteiger partial charge >= 0.3 is 0 Å². The summed E-state index contributed by atoms with van der Waals surface area (Å²) >= 11 is 3.61. The van der Waals surface area contributed by atoms with Gasteiger partial charge in [-0.25, -0.2) is 13.4 Å². The molecule has 1 aromatic heterocycles. The zero-order valence-corrected chi connectivity index (χ0v) is 13.7. The standard InChI is InChI=1S/C12H20BrN3O2S/c1-3-16-8-12(14-9-16)19(17,18)15(2)11-7-5-4-6-10(11)13/h8-11H,3-7H2,1-2H3. The lowest BCUT2D eigenvalue weighted by Crippen LogP contribution is -2.44. The van der Waals surface area contributed by atoms with Crippen molar-refractivity contribution in [1.29, 1.82) is 0 Å².